The second-order valence-corrected chi connectivity index (χ2v) is 7.30. The summed E-state index contributed by atoms with van der Waals surface area (Å²) in [4.78, 5) is 12.6. The fraction of sp³-hybridized carbons (Fsp3) is 0.619. The molecule has 1 unspecified atom stereocenters. The molecule has 0 saturated carbocycles. The Balaban J connectivity index is 2.42. The number of benzene rings is 1. The summed E-state index contributed by atoms with van der Waals surface area (Å²) >= 11 is 0. The number of phenolic OH excluding ortho intramolecular Hbond substituents is 2. The zero-order valence-electron chi connectivity index (χ0n) is 17.4. The molecule has 0 aromatic heterocycles. The lowest BCUT2D eigenvalue weighted by atomic mass is 10.1. The fourth-order valence-electron chi connectivity index (χ4n) is 3.05. The van der Waals surface area contributed by atoms with Crippen molar-refractivity contribution >= 4 is 11.7 Å². The van der Waals surface area contributed by atoms with E-state index in [0.29, 0.717) is 6.54 Å². The monoisotopic (exact) mass is 408 g/mol. The fourth-order valence-corrected chi connectivity index (χ4v) is 3.05. The number of hydrogen-bond acceptors (Lipinski definition) is 6. The number of carbonyl (C=O) groups excluding carboxylic acids is 1. The number of amidine groups is 1. The van der Waals surface area contributed by atoms with E-state index in [-0.39, 0.29) is 11.3 Å². The molecule has 164 valence electrons. The molecule has 0 spiro atoms. The summed E-state index contributed by atoms with van der Waals surface area (Å²) in [6, 6.07) is 3.54. The highest BCUT2D eigenvalue weighted by Crippen LogP contribution is 2.24. The second-order valence-electron chi connectivity index (χ2n) is 7.30. The average Bonchev–Trinajstić information content (AvgIpc) is 2.68. The van der Waals surface area contributed by atoms with Crippen molar-refractivity contribution in [1.82, 2.24) is 10.4 Å². The summed E-state index contributed by atoms with van der Waals surface area (Å²) in [5.74, 6) is -1.93. The Morgan fingerprint density at radius 1 is 1.07 bits per heavy atom. The van der Waals surface area contributed by atoms with Crippen LogP contribution in [-0.4, -0.2) is 44.8 Å². The van der Waals surface area contributed by atoms with Crippen molar-refractivity contribution in [3.63, 3.8) is 0 Å². The number of amides is 1. The number of aliphatic hydroxyl groups excluding tert-OH is 1. The lowest BCUT2D eigenvalue weighted by molar-refractivity contribution is 0.0141. The van der Waals surface area contributed by atoms with Crippen LogP contribution in [0, 0.1) is 5.41 Å². The van der Waals surface area contributed by atoms with Crippen LogP contribution < -0.4 is 11.2 Å². The van der Waals surface area contributed by atoms with Crippen molar-refractivity contribution in [3.05, 3.63) is 23.8 Å². The molecule has 0 heterocycles. The predicted molar refractivity (Wildman–Crippen MR) is 114 cm³/mol. The third-order valence-corrected chi connectivity index (χ3v) is 4.77. The largest absolute Gasteiger partial charge is 0.508 e. The maximum Gasteiger partial charge on any atom is 0.274 e. The van der Waals surface area contributed by atoms with Gasteiger partial charge in [-0.1, -0.05) is 64.7 Å². The summed E-state index contributed by atoms with van der Waals surface area (Å²) < 4.78 is 0. The third-order valence-electron chi connectivity index (χ3n) is 4.77. The van der Waals surface area contributed by atoms with Crippen molar-refractivity contribution < 1.29 is 20.1 Å². The van der Waals surface area contributed by atoms with Gasteiger partial charge in [0.1, 0.15) is 17.3 Å². The number of nitrogens with zero attached hydrogens (tertiary/aromatic N) is 1. The summed E-state index contributed by atoms with van der Waals surface area (Å²) in [6.07, 6.45) is 10.1. The predicted octanol–water partition coefficient (Wildman–Crippen LogP) is 3.22. The summed E-state index contributed by atoms with van der Waals surface area (Å²) in [7, 11) is 0. The van der Waals surface area contributed by atoms with E-state index in [0.717, 1.165) is 30.3 Å². The Morgan fingerprint density at radius 3 is 2.14 bits per heavy atom. The first-order valence-electron chi connectivity index (χ1n) is 10.5. The molecular weight excluding hydrogens is 372 g/mol. The highest BCUT2D eigenvalue weighted by atomic mass is 16.3. The number of carbonyl (C=O) groups is 1. The van der Waals surface area contributed by atoms with Gasteiger partial charge in [0, 0.05) is 12.6 Å². The highest BCUT2D eigenvalue weighted by molar-refractivity contribution is 5.99. The topological polar surface area (TPSA) is 143 Å². The van der Waals surface area contributed by atoms with E-state index in [1.807, 2.05) is 0 Å². The van der Waals surface area contributed by atoms with Crippen LogP contribution >= 0.6 is 0 Å². The maximum absolute atomic E-state index is 12.6. The number of hydrogen-bond donors (Lipinski definition) is 6. The van der Waals surface area contributed by atoms with Crippen LogP contribution in [0.15, 0.2) is 18.2 Å². The lowest BCUT2D eigenvalue weighted by Gasteiger charge is -2.28. The van der Waals surface area contributed by atoms with Crippen molar-refractivity contribution in [1.29, 1.82) is 5.41 Å². The molecule has 1 amide bonds. The van der Waals surface area contributed by atoms with Gasteiger partial charge in [-0.3, -0.25) is 10.2 Å². The molecule has 0 aliphatic heterocycles. The quantitative estimate of drug-likeness (QED) is 0.0864. The highest BCUT2D eigenvalue weighted by Gasteiger charge is 2.27. The smallest absolute Gasteiger partial charge is 0.274 e. The molecule has 1 aromatic carbocycles. The van der Waals surface area contributed by atoms with E-state index in [1.165, 1.54) is 57.1 Å². The molecule has 1 rings (SSSR count). The minimum Gasteiger partial charge on any atom is -0.508 e. The van der Waals surface area contributed by atoms with E-state index in [4.69, 9.17) is 11.1 Å². The molecule has 0 radical (unpaired) electrons. The number of hydrazine groups is 1. The van der Waals surface area contributed by atoms with E-state index in [2.05, 4.69) is 12.3 Å². The van der Waals surface area contributed by atoms with Crippen molar-refractivity contribution in [2.45, 2.75) is 77.4 Å². The van der Waals surface area contributed by atoms with Gasteiger partial charge in [-0.05, 0) is 18.6 Å². The SMILES string of the molecule is CCCCCCCCCCCCNN(C(=O)c1ccc(O)cc1O)C(O)C(=N)N. The molecule has 8 nitrogen and oxygen atoms in total. The van der Waals surface area contributed by atoms with Gasteiger partial charge in [0.25, 0.3) is 5.91 Å². The van der Waals surface area contributed by atoms with Crippen molar-refractivity contribution in [3.8, 4) is 11.5 Å². The molecule has 0 bridgehead atoms. The molecule has 0 aliphatic carbocycles. The van der Waals surface area contributed by atoms with Crippen LogP contribution in [0.25, 0.3) is 0 Å². The molecule has 0 fully saturated rings. The van der Waals surface area contributed by atoms with Gasteiger partial charge in [-0.15, -0.1) is 0 Å². The average molecular weight is 409 g/mol. The van der Waals surface area contributed by atoms with Gasteiger partial charge in [0.15, 0.2) is 0 Å². The van der Waals surface area contributed by atoms with E-state index in [1.54, 1.807) is 0 Å². The zero-order chi connectivity index (χ0) is 21.6. The molecular formula is C21H36N4O4. The Morgan fingerprint density at radius 2 is 1.62 bits per heavy atom. The first-order valence-corrected chi connectivity index (χ1v) is 10.5. The number of unbranched alkanes of at least 4 members (excludes halogenated alkanes) is 9. The molecule has 0 aliphatic rings. The maximum atomic E-state index is 12.6. The first-order chi connectivity index (χ1) is 13.9. The Labute approximate surface area is 173 Å². The minimum atomic E-state index is -1.65. The second kappa shape index (κ2) is 13.8. The van der Waals surface area contributed by atoms with Crippen molar-refractivity contribution in [2.75, 3.05) is 6.54 Å². The molecule has 1 atom stereocenters. The molecule has 8 heteroatoms. The first kappa shape index (κ1) is 24.7. The molecule has 29 heavy (non-hydrogen) atoms. The number of aromatic hydroxyl groups is 2. The van der Waals surface area contributed by atoms with Crippen LogP contribution in [-0.2, 0) is 0 Å². The van der Waals surface area contributed by atoms with Crippen LogP contribution in [0.5, 0.6) is 11.5 Å². The van der Waals surface area contributed by atoms with Gasteiger partial charge in [0.2, 0.25) is 6.23 Å². The van der Waals surface area contributed by atoms with Gasteiger partial charge in [-0.2, -0.15) is 0 Å². The Hall–Kier alpha value is -2.32. The van der Waals surface area contributed by atoms with Crippen LogP contribution in [0.1, 0.15) is 81.5 Å². The normalized spacial score (nSPS) is 11.9. The summed E-state index contributed by atoms with van der Waals surface area (Å²) in [5.41, 5.74) is 8.03. The standard InChI is InChI=1S/C21H36N4O4/c1-2-3-4-5-6-7-8-9-10-11-14-24-25(21(29)19(22)23)20(28)17-13-12-16(26)15-18(17)27/h12-13,15,21,24,26-27,29H,2-11,14H2,1H3,(H3,22,23). The third kappa shape index (κ3) is 9.15. The van der Waals surface area contributed by atoms with Crippen LogP contribution in [0.3, 0.4) is 0 Å². The van der Waals surface area contributed by atoms with Gasteiger partial charge >= 0.3 is 0 Å². The van der Waals surface area contributed by atoms with Gasteiger partial charge in [-0.25, -0.2) is 10.4 Å². The summed E-state index contributed by atoms with van der Waals surface area (Å²) in [5, 5.41) is 37.6. The lowest BCUT2D eigenvalue weighted by Crippen LogP contribution is -2.54. The minimum absolute atomic E-state index is 0.112. The van der Waals surface area contributed by atoms with E-state index in [9.17, 15) is 20.1 Å². The number of nitrogens with two attached hydrogens (primary N) is 1. The molecule has 7 N–H and O–H groups in total. The van der Waals surface area contributed by atoms with Crippen LogP contribution in [0.2, 0.25) is 0 Å². The Kier molecular flexibility index (Phi) is 11.8. The number of aliphatic hydroxyl groups is 1. The Bertz CT molecular complexity index is 639. The zero-order valence-corrected chi connectivity index (χ0v) is 17.4. The van der Waals surface area contributed by atoms with Gasteiger partial charge in [0.05, 0.1) is 5.56 Å². The van der Waals surface area contributed by atoms with Crippen LogP contribution in [0.4, 0.5) is 0 Å². The summed E-state index contributed by atoms with van der Waals surface area (Å²) in [6.45, 7) is 2.64. The molecule has 1 aromatic rings. The number of phenols is 2. The van der Waals surface area contributed by atoms with Crippen molar-refractivity contribution in [2.24, 2.45) is 5.73 Å². The number of nitrogens with one attached hydrogen (secondary N) is 2. The van der Waals surface area contributed by atoms with Gasteiger partial charge < -0.3 is 21.1 Å². The van der Waals surface area contributed by atoms with E-state index < -0.39 is 23.7 Å². The van der Waals surface area contributed by atoms with E-state index >= 15 is 0 Å². The molecule has 0 saturated heterocycles. The number of rotatable bonds is 15.